The van der Waals surface area contributed by atoms with Crippen LogP contribution in [-0.4, -0.2) is 56.6 Å². The van der Waals surface area contributed by atoms with Gasteiger partial charge in [-0.25, -0.2) is 0 Å². The van der Waals surface area contributed by atoms with Crippen molar-refractivity contribution in [3.63, 3.8) is 0 Å². The van der Waals surface area contributed by atoms with E-state index in [1.54, 1.807) is 6.92 Å². The van der Waals surface area contributed by atoms with Crippen LogP contribution in [0, 0.1) is 17.0 Å². The van der Waals surface area contributed by atoms with Crippen LogP contribution in [0.5, 0.6) is 0 Å². The molecule has 138 valence electrons. The molecule has 0 spiro atoms. The third kappa shape index (κ3) is 4.08. The van der Waals surface area contributed by atoms with Crippen molar-refractivity contribution < 1.29 is 9.72 Å². The van der Waals surface area contributed by atoms with Crippen molar-refractivity contribution in [3.05, 3.63) is 57.9 Å². The number of carbonyl (C=O) groups excluding carboxylic acids is 1. The van der Waals surface area contributed by atoms with Crippen molar-refractivity contribution >= 4 is 11.6 Å². The quantitative estimate of drug-likeness (QED) is 0.604. The van der Waals surface area contributed by atoms with Crippen LogP contribution in [0.4, 0.5) is 5.69 Å². The van der Waals surface area contributed by atoms with Crippen LogP contribution in [-0.2, 0) is 11.3 Å². The lowest BCUT2D eigenvalue weighted by atomic mass is 10.1. The van der Waals surface area contributed by atoms with Crippen LogP contribution in [0.1, 0.15) is 24.1 Å². The monoisotopic (exact) mass is 357 g/mol. The summed E-state index contributed by atoms with van der Waals surface area (Å²) in [5.74, 6) is -0.0572. The van der Waals surface area contributed by atoms with Gasteiger partial charge in [0.2, 0.25) is 5.91 Å². The summed E-state index contributed by atoms with van der Waals surface area (Å²) in [5, 5.41) is 14.7. The molecule has 1 aromatic heterocycles. The Morgan fingerprint density at radius 3 is 2.65 bits per heavy atom. The fourth-order valence-electron chi connectivity index (χ4n) is 3.21. The first-order valence-corrected chi connectivity index (χ1v) is 8.69. The summed E-state index contributed by atoms with van der Waals surface area (Å²) in [7, 11) is 0. The molecule has 0 aliphatic carbocycles. The first-order valence-electron chi connectivity index (χ1n) is 8.69. The zero-order chi connectivity index (χ0) is 18.7. The molecule has 3 rings (SSSR count). The molecule has 0 radical (unpaired) electrons. The predicted octanol–water partition coefficient (Wildman–Crippen LogP) is 2.01. The summed E-state index contributed by atoms with van der Waals surface area (Å²) in [5.41, 5.74) is 2.42. The maximum Gasteiger partial charge on any atom is 0.307 e. The van der Waals surface area contributed by atoms with Crippen LogP contribution in [0.2, 0.25) is 0 Å². The zero-order valence-corrected chi connectivity index (χ0v) is 15.0. The Morgan fingerprint density at radius 2 is 2.04 bits per heavy atom. The maximum atomic E-state index is 12.7. The highest BCUT2D eigenvalue weighted by molar-refractivity contribution is 5.80. The second-order valence-corrected chi connectivity index (χ2v) is 6.70. The normalized spacial score (nSPS) is 16.5. The van der Waals surface area contributed by atoms with E-state index in [4.69, 9.17) is 0 Å². The first-order chi connectivity index (χ1) is 12.4. The molecule has 1 amide bonds. The third-order valence-corrected chi connectivity index (χ3v) is 4.73. The lowest BCUT2D eigenvalue weighted by Crippen LogP contribution is -2.49. The van der Waals surface area contributed by atoms with Gasteiger partial charge in [-0.3, -0.25) is 24.5 Å². The van der Waals surface area contributed by atoms with Gasteiger partial charge in [-0.1, -0.05) is 29.8 Å². The van der Waals surface area contributed by atoms with Gasteiger partial charge in [-0.15, -0.1) is 0 Å². The molecule has 1 atom stereocenters. The zero-order valence-electron chi connectivity index (χ0n) is 15.0. The van der Waals surface area contributed by atoms with E-state index in [1.165, 1.54) is 28.2 Å². The number of piperazine rings is 1. The van der Waals surface area contributed by atoms with Gasteiger partial charge in [0.25, 0.3) is 0 Å². The average molecular weight is 357 g/mol. The van der Waals surface area contributed by atoms with E-state index in [9.17, 15) is 14.9 Å². The molecule has 8 heteroatoms. The number of nitrogens with zero attached hydrogens (tertiary/aromatic N) is 5. The molecule has 1 aliphatic heterocycles. The Kier molecular flexibility index (Phi) is 5.32. The van der Waals surface area contributed by atoms with Gasteiger partial charge in [-0.05, 0) is 19.4 Å². The highest BCUT2D eigenvalue weighted by atomic mass is 16.6. The lowest BCUT2D eigenvalue weighted by molar-refractivity contribution is -0.385. The number of hydrogen-bond acceptors (Lipinski definition) is 5. The van der Waals surface area contributed by atoms with Crippen molar-refractivity contribution in [2.45, 2.75) is 26.4 Å². The van der Waals surface area contributed by atoms with Gasteiger partial charge in [0.05, 0.1) is 4.92 Å². The number of aromatic nitrogens is 2. The highest BCUT2D eigenvalue weighted by Gasteiger charge is 2.27. The Balaban J connectivity index is 1.55. The minimum atomic E-state index is -0.549. The second kappa shape index (κ2) is 7.65. The van der Waals surface area contributed by atoms with Gasteiger partial charge < -0.3 is 4.90 Å². The molecule has 8 nitrogen and oxygen atoms in total. The first kappa shape index (κ1) is 18.1. The number of amides is 1. The third-order valence-electron chi connectivity index (χ3n) is 4.73. The molecule has 0 N–H and O–H groups in total. The van der Waals surface area contributed by atoms with Crippen molar-refractivity contribution in [1.82, 2.24) is 19.6 Å². The van der Waals surface area contributed by atoms with Crippen LogP contribution in [0.25, 0.3) is 0 Å². The topological polar surface area (TPSA) is 84.5 Å². The van der Waals surface area contributed by atoms with Crippen LogP contribution in [0.15, 0.2) is 36.7 Å². The average Bonchev–Trinajstić information content (AvgIpc) is 3.12. The van der Waals surface area contributed by atoms with E-state index >= 15 is 0 Å². The minimum absolute atomic E-state index is 0.0572. The fraction of sp³-hybridized carbons (Fsp3) is 0.444. The largest absolute Gasteiger partial charge is 0.338 e. The Bertz CT molecular complexity index is 796. The summed E-state index contributed by atoms with van der Waals surface area (Å²) in [6.07, 6.45) is 2.47. The standard InChI is InChI=1S/C18H23N5O3/c1-14-4-3-5-16(10-14)12-20-6-8-21(9-7-20)18(24)15(2)22-13-17(11-19-22)23(25)26/h3-5,10-11,13,15H,6-9,12H2,1-2H3. The molecular formula is C18H23N5O3. The second-order valence-electron chi connectivity index (χ2n) is 6.70. The SMILES string of the molecule is Cc1cccc(CN2CCN(C(=O)C(C)n3cc([N+](=O)[O-])cn3)CC2)c1. The Labute approximate surface area is 152 Å². The van der Waals surface area contributed by atoms with Crippen LogP contribution in [0.3, 0.4) is 0 Å². The molecule has 1 saturated heterocycles. The molecule has 1 unspecified atom stereocenters. The van der Waals surface area contributed by atoms with Crippen molar-refractivity contribution in [2.24, 2.45) is 0 Å². The van der Waals surface area contributed by atoms with Crippen LogP contribution < -0.4 is 0 Å². The number of benzene rings is 1. The molecule has 0 saturated carbocycles. The van der Waals surface area contributed by atoms with E-state index < -0.39 is 11.0 Å². The highest BCUT2D eigenvalue weighted by Crippen LogP contribution is 2.17. The number of rotatable bonds is 5. The van der Waals surface area contributed by atoms with Crippen molar-refractivity contribution in [2.75, 3.05) is 26.2 Å². The summed E-state index contributed by atoms with van der Waals surface area (Å²) >= 11 is 0. The number of carbonyl (C=O) groups is 1. The van der Waals surface area contributed by atoms with Gasteiger partial charge in [0, 0.05) is 32.7 Å². The molecular weight excluding hydrogens is 334 g/mol. The summed E-state index contributed by atoms with van der Waals surface area (Å²) in [6, 6.07) is 7.91. The van der Waals surface area contributed by atoms with E-state index in [-0.39, 0.29) is 11.6 Å². The van der Waals surface area contributed by atoms with Gasteiger partial charge in [-0.2, -0.15) is 5.10 Å². The van der Waals surface area contributed by atoms with E-state index in [0.29, 0.717) is 13.1 Å². The van der Waals surface area contributed by atoms with E-state index in [2.05, 4.69) is 41.2 Å². The molecule has 0 bridgehead atoms. The fourth-order valence-corrected chi connectivity index (χ4v) is 3.21. The number of aryl methyl sites for hydroxylation is 1. The smallest absolute Gasteiger partial charge is 0.307 e. The molecule has 1 fully saturated rings. The molecule has 1 aromatic carbocycles. The number of hydrogen-bond donors (Lipinski definition) is 0. The van der Waals surface area contributed by atoms with Crippen molar-refractivity contribution in [1.29, 1.82) is 0 Å². The summed E-state index contributed by atoms with van der Waals surface area (Å²) in [4.78, 5) is 27.1. The van der Waals surface area contributed by atoms with Gasteiger partial charge in [0.15, 0.2) is 0 Å². The lowest BCUT2D eigenvalue weighted by Gasteiger charge is -2.36. The summed E-state index contributed by atoms with van der Waals surface area (Å²) in [6.45, 7) is 7.61. The number of nitro groups is 1. The molecule has 26 heavy (non-hydrogen) atoms. The maximum absolute atomic E-state index is 12.7. The minimum Gasteiger partial charge on any atom is -0.338 e. The molecule has 2 heterocycles. The Morgan fingerprint density at radius 1 is 1.31 bits per heavy atom. The molecule has 2 aromatic rings. The van der Waals surface area contributed by atoms with Gasteiger partial charge >= 0.3 is 5.69 Å². The van der Waals surface area contributed by atoms with Crippen molar-refractivity contribution in [3.8, 4) is 0 Å². The molecule has 1 aliphatic rings. The van der Waals surface area contributed by atoms with Crippen LogP contribution >= 0.6 is 0 Å². The van der Waals surface area contributed by atoms with E-state index in [1.807, 2.05) is 4.90 Å². The predicted molar refractivity (Wildman–Crippen MR) is 96.6 cm³/mol. The summed E-state index contributed by atoms with van der Waals surface area (Å²) < 4.78 is 1.36. The van der Waals surface area contributed by atoms with E-state index in [0.717, 1.165) is 19.6 Å². The Hall–Kier alpha value is -2.74. The van der Waals surface area contributed by atoms with Gasteiger partial charge in [0.1, 0.15) is 18.4 Å².